The Morgan fingerprint density at radius 3 is 2.41 bits per heavy atom. The topological polar surface area (TPSA) is 79.4 Å². The van der Waals surface area contributed by atoms with Crippen LogP contribution in [0.15, 0.2) is 24.3 Å². The van der Waals surface area contributed by atoms with E-state index in [2.05, 4.69) is 0 Å². The van der Waals surface area contributed by atoms with Gasteiger partial charge in [0.25, 0.3) is 11.6 Å². The minimum absolute atomic E-state index is 0.148. The maximum Gasteiger partial charge on any atom is 0.401 e. The van der Waals surface area contributed by atoms with Gasteiger partial charge in [-0.2, -0.15) is 0 Å². The summed E-state index contributed by atoms with van der Waals surface area (Å²) < 4.78 is 10.8. The summed E-state index contributed by atoms with van der Waals surface area (Å²) in [6.07, 6.45) is 5.29. The fourth-order valence-corrected chi connectivity index (χ4v) is 5.65. The Balaban J connectivity index is 1.56. The molecule has 1 aromatic rings. The van der Waals surface area contributed by atoms with E-state index in [9.17, 15) is 14.4 Å². The van der Waals surface area contributed by atoms with Gasteiger partial charge in [-0.15, -0.1) is 0 Å². The third kappa shape index (κ3) is 2.38. The first kappa shape index (κ1) is 18.4. The highest BCUT2D eigenvalue weighted by Crippen LogP contribution is 2.55. The zero-order valence-electron chi connectivity index (χ0n) is 16.7. The number of likely N-dealkylation sites (tertiary alicyclic amines) is 1. The molecule has 0 aromatic heterocycles. The lowest BCUT2D eigenvalue weighted by Crippen LogP contribution is -2.55. The van der Waals surface area contributed by atoms with Gasteiger partial charge < -0.3 is 14.4 Å². The van der Waals surface area contributed by atoms with Crippen molar-refractivity contribution in [1.29, 1.82) is 0 Å². The average Bonchev–Trinajstić information content (AvgIpc) is 3.27. The number of rotatable bonds is 3. The van der Waals surface area contributed by atoms with Crippen LogP contribution in [0, 0.1) is 5.92 Å². The van der Waals surface area contributed by atoms with Gasteiger partial charge in [0.1, 0.15) is 5.75 Å². The van der Waals surface area contributed by atoms with Gasteiger partial charge in [-0.1, -0.05) is 31.4 Å². The summed E-state index contributed by atoms with van der Waals surface area (Å²) in [4.78, 5) is 40.3. The third-order valence-corrected chi connectivity index (χ3v) is 6.97. The number of hydrogen-bond acceptors (Lipinski definition) is 6. The standard InChI is InChI=1S/C21H25N3O5/c1-22-17(13-8-10-15(28-2)11-9-13)16-12-23(14-6-4-3-5-7-14)20(27)21(16)24(22)18(25)19(26)29-21/h8-11,14,16-17H,3-7,12H2,1-2H3. The SMILES string of the molecule is COc1ccc(C2C3CN(C4CCCCC4)C(=O)C34OC(=O)C(=O)N4N2C)cc1. The molecule has 1 aliphatic carbocycles. The fourth-order valence-electron chi connectivity index (χ4n) is 5.65. The van der Waals surface area contributed by atoms with Gasteiger partial charge >= 0.3 is 11.9 Å². The summed E-state index contributed by atoms with van der Waals surface area (Å²) in [5.41, 5.74) is -0.598. The van der Waals surface area contributed by atoms with Crippen LogP contribution in [-0.4, -0.2) is 65.2 Å². The number of amides is 2. The van der Waals surface area contributed by atoms with Crippen LogP contribution in [0.5, 0.6) is 5.75 Å². The summed E-state index contributed by atoms with van der Waals surface area (Å²) in [6, 6.07) is 7.50. The van der Waals surface area contributed by atoms with Crippen LogP contribution < -0.4 is 4.74 Å². The highest BCUT2D eigenvalue weighted by atomic mass is 16.6. The highest BCUT2D eigenvalue weighted by molar-refractivity contribution is 6.35. The van der Waals surface area contributed by atoms with Gasteiger partial charge in [-0.25, -0.2) is 14.8 Å². The molecule has 154 valence electrons. The molecule has 4 fully saturated rings. The van der Waals surface area contributed by atoms with Gasteiger partial charge in [0.05, 0.1) is 19.1 Å². The second-order valence-corrected chi connectivity index (χ2v) is 8.35. The van der Waals surface area contributed by atoms with Crippen molar-refractivity contribution in [1.82, 2.24) is 14.9 Å². The van der Waals surface area contributed by atoms with E-state index in [-0.39, 0.29) is 23.9 Å². The van der Waals surface area contributed by atoms with Crippen LogP contribution in [0.25, 0.3) is 0 Å². The van der Waals surface area contributed by atoms with Crippen molar-refractivity contribution in [3.63, 3.8) is 0 Å². The van der Waals surface area contributed by atoms with Crippen molar-refractivity contribution in [3.8, 4) is 5.75 Å². The van der Waals surface area contributed by atoms with E-state index in [1.165, 1.54) is 11.4 Å². The molecule has 0 N–H and O–H groups in total. The molecule has 1 saturated carbocycles. The van der Waals surface area contributed by atoms with Crippen LogP contribution >= 0.6 is 0 Å². The molecule has 3 unspecified atom stereocenters. The van der Waals surface area contributed by atoms with Crippen molar-refractivity contribution >= 4 is 17.8 Å². The third-order valence-electron chi connectivity index (χ3n) is 6.97. The molecule has 1 spiro atoms. The van der Waals surface area contributed by atoms with Crippen LogP contribution in [-0.2, 0) is 19.1 Å². The van der Waals surface area contributed by atoms with Crippen molar-refractivity contribution in [2.24, 2.45) is 5.92 Å². The van der Waals surface area contributed by atoms with E-state index in [1.54, 1.807) is 19.2 Å². The van der Waals surface area contributed by atoms with E-state index in [0.717, 1.165) is 37.0 Å². The number of hydrazine groups is 1. The highest BCUT2D eigenvalue weighted by Gasteiger charge is 2.76. The van der Waals surface area contributed by atoms with Crippen LogP contribution in [0.4, 0.5) is 0 Å². The van der Waals surface area contributed by atoms with Gasteiger partial charge in [0, 0.05) is 19.6 Å². The molecule has 0 radical (unpaired) electrons. The minimum atomic E-state index is -1.55. The molecule has 5 rings (SSSR count). The molecule has 3 heterocycles. The number of ether oxygens (including phenoxy) is 2. The maximum atomic E-state index is 13.6. The number of hydrogen-bond donors (Lipinski definition) is 0. The van der Waals surface area contributed by atoms with Crippen LogP contribution in [0.1, 0.15) is 43.7 Å². The number of carbonyl (C=O) groups excluding carboxylic acids is 3. The Hall–Kier alpha value is -2.61. The fraction of sp³-hybridized carbons (Fsp3) is 0.571. The normalized spacial score (nSPS) is 32.6. The number of nitrogens with zero attached hydrogens (tertiary/aromatic N) is 3. The van der Waals surface area contributed by atoms with E-state index in [0.29, 0.717) is 6.54 Å². The first-order valence-corrected chi connectivity index (χ1v) is 10.2. The first-order chi connectivity index (χ1) is 14.0. The maximum absolute atomic E-state index is 13.6. The molecule has 1 aromatic carbocycles. The Bertz CT molecular complexity index is 866. The van der Waals surface area contributed by atoms with Crippen LogP contribution in [0.2, 0.25) is 0 Å². The van der Waals surface area contributed by atoms with E-state index < -0.39 is 17.6 Å². The Labute approximate surface area is 169 Å². The molecular weight excluding hydrogens is 374 g/mol. The molecule has 3 atom stereocenters. The van der Waals surface area contributed by atoms with Gasteiger partial charge in [-0.05, 0) is 30.5 Å². The second kappa shape index (κ2) is 6.45. The Morgan fingerprint density at radius 1 is 1.07 bits per heavy atom. The number of esters is 1. The second-order valence-electron chi connectivity index (χ2n) is 8.35. The molecule has 3 saturated heterocycles. The molecule has 29 heavy (non-hydrogen) atoms. The zero-order chi connectivity index (χ0) is 20.3. The quantitative estimate of drug-likeness (QED) is 0.566. The minimum Gasteiger partial charge on any atom is -0.497 e. The summed E-state index contributed by atoms with van der Waals surface area (Å²) >= 11 is 0. The predicted octanol–water partition coefficient (Wildman–Crippen LogP) is 1.47. The van der Waals surface area contributed by atoms with Crippen molar-refractivity contribution < 1.29 is 23.9 Å². The number of methoxy groups -OCH3 is 1. The molecule has 8 heteroatoms. The Morgan fingerprint density at radius 2 is 1.76 bits per heavy atom. The van der Waals surface area contributed by atoms with Gasteiger partial charge in [-0.3, -0.25) is 9.59 Å². The molecular formula is C21H25N3O5. The summed E-state index contributed by atoms with van der Waals surface area (Å²) in [5.74, 6) is -1.58. The molecule has 4 aliphatic rings. The zero-order valence-corrected chi connectivity index (χ0v) is 16.7. The monoisotopic (exact) mass is 399 g/mol. The number of benzene rings is 1. The lowest BCUT2D eigenvalue weighted by Gasteiger charge is -2.35. The van der Waals surface area contributed by atoms with Crippen molar-refractivity contribution in [2.45, 2.75) is 49.9 Å². The van der Waals surface area contributed by atoms with Crippen molar-refractivity contribution in [3.05, 3.63) is 29.8 Å². The summed E-state index contributed by atoms with van der Waals surface area (Å²) in [6.45, 7) is 0.474. The van der Waals surface area contributed by atoms with E-state index in [4.69, 9.17) is 9.47 Å². The largest absolute Gasteiger partial charge is 0.497 e. The first-order valence-electron chi connectivity index (χ1n) is 10.2. The predicted molar refractivity (Wildman–Crippen MR) is 101 cm³/mol. The lowest BCUT2D eigenvalue weighted by atomic mass is 9.88. The average molecular weight is 399 g/mol. The number of carbonyl (C=O) groups is 3. The smallest absolute Gasteiger partial charge is 0.401 e. The summed E-state index contributed by atoms with van der Waals surface area (Å²) in [5, 5.41) is 2.97. The van der Waals surface area contributed by atoms with E-state index >= 15 is 0 Å². The molecule has 3 aliphatic heterocycles. The van der Waals surface area contributed by atoms with Crippen molar-refractivity contribution in [2.75, 3.05) is 20.7 Å². The molecule has 0 bridgehead atoms. The van der Waals surface area contributed by atoms with Gasteiger partial charge in [0.15, 0.2) is 0 Å². The molecule has 8 nitrogen and oxygen atoms in total. The van der Waals surface area contributed by atoms with E-state index in [1.807, 2.05) is 29.2 Å². The van der Waals surface area contributed by atoms with Crippen LogP contribution in [0.3, 0.4) is 0 Å². The molecule has 2 amide bonds. The lowest BCUT2D eigenvalue weighted by molar-refractivity contribution is -0.178. The Kier molecular flexibility index (Phi) is 4.10. The summed E-state index contributed by atoms with van der Waals surface area (Å²) in [7, 11) is 3.35. The van der Waals surface area contributed by atoms with Gasteiger partial charge in [0.2, 0.25) is 0 Å².